The molecule has 2 N–H and O–H groups in total. The quantitative estimate of drug-likeness (QED) is 0.560. The molecule has 138 valence electrons. The van der Waals surface area contributed by atoms with Crippen molar-refractivity contribution in [2.24, 2.45) is 0 Å². The number of ether oxygens (including phenoxy) is 1. The molecule has 0 radical (unpaired) electrons. The third-order valence-electron chi connectivity index (χ3n) is 3.92. The van der Waals surface area contributed by atoms with Crippen molar-refractivity contribution in [1.29, 1.82) is 0 Å². The molecule has 8 heteroatoms. The number of urea groups is 1. The van der Waals surface area contributed by atoms with Crippen LogP contribution in [0.2, 0.25) is 0 Å². The zero-order chi connectivity index (χ0) is 19.6. The number of carbonyl (C=O) groups excluding carboxylic acids is 2. The van der Waals surface area contributed by atoms with Crippen LogP contribution < -0.4 is 10.1 Å². The summed E-state index contributed by atoms with van der Waals surface area (Å²) in [4.78, 5) is 35.4. The summed E-state index contributed by atoms with van der Waals surface area (Å²) in [5, 5.41) is 11.5. The van der Waals surface area contributed by atoms with E-state index >= 15 is 0 Å². The molecule has 1 saturated heterocycles. The molecule has 0 bridgehead atoms. The topological polar surface area (TPSA) is 95.9 Å². The number of carboxylic acids is 1. The van der Waals surface area contributed by atoms with E-state index in [0.29, 0.717) is 15.8 Å². The molecule has 2 aromatic rings. The summed E-state index contributed by atoms with van der Waals surface area (Å²) in [6, 6.07) is 11.3. The van der Waals surface area contributed by atoms with Gasteiger partial charge in [0.25, 0.3) is 5.91 Å². The van der Waals surface area contributed by atoms with Gasteiger partial charge in [-0.1, -0.05) is 18.2 Å². The van der Waals surface area contributed by atoms with Crippen LogP contribution in [0, 0.1) is 0 Å². The Balaban J connectivity index is 1.72. The van der Waals surface area contributed by atoms with Crippen molar-refractivity contribution < 1.29 is 24.2 Å². The smallest absolute Gasteiger partial charge is 0.335 e. The van der Waals surface area contributed by atoms with E-state index in [-0.39, 0.29) is 17.9 Å². The van der Waals surface area contributed by atoms with Crippen molar-refractivity contribution in [3.63, 3.8) is 0 Å². The second-order valence-electron chi connectivity index (χ2n) is 5.84. The second kappa shape index (κ2) is 7.63. The van der Waals surface area contributed by atoms with Crippen molar-refractivity contribution >= 4 is 39.9 Å². The first-order chi connectivity index (χ1) is 12.8. The first-order valence-corrected chi connectivity index (χ1v) is 8.70. The Morgan fingerprint density at radius 1 is 1.26 bits per heavy atom. The Hall–Kier alpha value is -3.13. The summed E-state index contributed by atoms with van der Waals surface area (Å²) in [6.45, 7) is 0.208. The first kappa shape index (κ1) is 18.7. The Labute approximate surface area is 163 Å². The predicted octanol–water partition coefficient (Wildman–Crippen LogP) is 3.25. The fourth-order valence-electron chi connectivity index (χ4n) is 2.47. The normalized spacial score (nSPS) is 15.2. The van der Waals surface area contributed by atoms with Gasteiger partial charge in [0.1, 0.15) is 18.1 Å². The Bertz CT molecular complexity index is 970. The van der Waals surface area contributed by atoms with E-state index in [1.54, 1.807) is 42.5 Å². The van der Waals surface area contributed by atoms with E-state index in [4.69, 9.17) is 9.84 Å². The lowest BCUT2D eigenvalue weighted by Gasteiger charge is -2.09. The Morgan fingerprint density at radius 2 is 2.04 bits per heavy atom. The summed E-state index contributed by atoms with van der Waals surface area (Å²) in [5.41, 5.74) is 1.84. The highest BCUT2D eigenvalue weighted by Crippen LogP contribution is 2.28. The Morgan fingerprint density at radius 3 is 2.67 bits per heavy atom. The summed E-state index contributed by atoms with van der Waals surface area (Å²) in [5.74, 6) is -0.818. The highest BCUT2D eigenvalue weighted by atomic mass is 79.9. The van der Waals surface area contributed by atoms with Crippen molar-refractivity contribution in [2.45, 2.75) is 6.61 Å². The van der Waals surface area contributed by atoms with Gasteiger partial charge in [-0.25, -0.2) is 9.59 Å². The molecular formula is C19H15BrN2O5. The molecule has 1 heterocycles. The van der Waals surface area contributed by atoms with Gasteiger partial charge in [0.2, 0.25) is 0 Å². The number of imide groups is 1. The molecule has 0 atom stereocenters. The summed E-state index contributed by atoms with van der Waals surface area (Å²) in [7, 11) is 1.41. The lowest BCUT2D eigenvalue weighted by Crippen LogP contribution is -2.25. The van der Waals surface area contributed by atoms with Crippen LogP contribution >= 0.6 is 15.9 Å². The van der Waals surface area contributed by atoms with Crippen molar-refractivity contribution in [2.75, 3.05) is 7.05 Å². The molecule has 1 aliphatic heterocycles. The number of halogens is 1. The van der Waals surface area contributed by atoms with Gasteiger partial charge in [-0.15, -0.1) is 0 Å². The molecule has 1 aliphatic rings. The van der Waals surface area contributed by atoms with Crippen LogP contribution in [0.1, 0.15) is 21.5 Å². The number of amides is 3. The minimum absolute atomic E-state index is 0.199. The number of benzene rings is 2. The number of nitrogens with zero attached hydrogens (tertiary/aromatic N) is 1. The van der Waals surface area contributed by atoms with Crippen molar-refractivity contribution in [3.05, 3.63) is 69.3 Å². The fraction of sp³-hybridized carbons (Fsp3) is 0.105. The van der Waals surface area contributed by atoms with Crippen LogP contribution in [0.3, 0.4) is 0 Å². The van der Waals surface area contributed by atoms with Gasteiger partial charge in [-0.05, 0) is 57.4 Å². The lowest BCUT2D eigenvalue weighted by molar-refractivity contribution is -0.121. The molecule has 0 aromatic heterocycles. The number of aromatic carboxylic acids is 1. The number of nitrogens with one attached hydrogen (secondary N) is 1. The first-order valence-electron chi connectivity index (χ1n) is 7.90. The highest BCUT2D eigenvalue weighted by molar-refractivity contribution is 9.10. The minimum Gasteiger partial charge on any atom is -0.488 e. The summed E-state index contributed by atoms with van der Waals surface area (Å²) >= 11 is 3.42. The predicted molar refractivity (Wildman–Crippen MR) is 101 cm³/mol. The van der Waals surface area contributed by atoms with Gasteiger partial charge in [0, 0.05) is 7.05 Å². The van der Waals surface area contributed by atoms with Crippen LogP contribution in [-0.2, 0) is 11.4 Å². The maximum absolute atomic E-state index is 11.9. The third-order valence-corrected chi connectivity index (χ3v) is 4.54. The molecule has 1 fully saturated rings. The van der Waals surface area contributed by atoms with E-state index in [0.717, 1.165) is 10.5 Å². The zero-order valence-electron chi connectivity index (χ0n) is 14.2. The maximum Gasteiger partial charge on any atom is 0.335 e. The van der Waals surface area contributed by atoms with E-state index in [2.05, 4.69) is 21.2 Å². The SMILES string of the molecule is CN1C(=O)N/C(=C/c2ccc(OCc3cccc(C(=O)O)c3)c(Br)c2)C1=O. The number of carboxylic acid groups (broad SMARTS) is 1. The van der Waals surface area contributed by atoms with Crippen LogP contribution in [0.25, 0.3) is 6.08 Å². The molecule has 3 amide bonds. The third kappa shape index (κ3) is 4.17. The number of likely N-dealkylation sites (N-methyl/N-ethyl adjacent to an activating group) is 1. The van der Waals surface area contributed by atoms with E-state index in [1.807, 2.05) is 0 Å². The average molecular weight is 431 g/mol. The molecule has 7 nitrogen and oxygen atoms in total. The standard InChI is InChI=1S/C19H15BrN2O5/c1-22-17(23)15(21-19(22)26)9-11-5-6-16(14(20)8-11)27-10-12-3-2-4-13(7-12)18(24)25/h2-9H,10H2,1H3,(H,21,26)(H,24,25)/b15-9+. The van der Waals surface area contributed by atoms with Crippen molar-refractivity contribution in [3.8, 4) is 5.75 Å². The molecule has 3 rings (SSSR count). The van der Waals surface area contributed by atoms with Gasteiger partial charge in [-0.3, -0.25) is 9.69 Å². The molecule has 0 aliphatic carbocycles. The minimum atomic E-state index is -0.991. The average Bonchev–Trinajstić information content (AvgIpc) is 2.88. The maximum atomic E-state index is 11.9. The van der Waals surface area contributed by atoms with Crippen LogP contribution in [-0.4, -0.2) is 35.0 Å². The van der Waals surface area contributed by atoms with E-state index in [9.17, 15) is 14.4 Å². The monoisotopic (exact) mass is 430 g/mol. The molecule has 27 heavy (non-hydrogen) atoms. The summed E-state index contributed by atoms with van der Waals surface area (Å²) < 4.78 is 6.40. The van der Waals surface area contributed by atoms with E-state index in [1.165, 1.54) is 13.1 Å². The number of hydrogen-bond donors (Lipinski definition) is 2. The zero-order valence-corrected chi connectivity index (χ0v) is 15.8. The summed E-state index contributed by atoms with van der Waals surface area (Å²) in [6.07, 6.45) is 1.58. The lowest BCUT2D eigenvalue weighted by atomic mass is 10.1. The van der Waals surface area contributed by atoms with Gasteiger partial charge < -0.3 is 15.2 Å². The molecule has 0 spiro atoms. The largest absolute Gasteiger partial charge is 0.488 e. The van der Waals surface area contributed by atoms with Crippen molar-refractivity contribution in [1.82, 2.24) is 10.2 Å². The van der Waals surface area contributed by atoms with Gasteiger partial charge in [-0.2, -0.15) is 0 Å². The van der Waals surface area contributed by atoms with Crippen LogP contribution in [0.15, 0.2) is 52.6 Å². The molecule has 0 saturated carbocycles. The Kier molecular flexibility index (Phi) is 5.27. The molecule has 0 unspecified atom stereocenters. The second-order valence-corrected chi connectivity index (χ2v) is 6.69. The van der Waals surface area contributed by atoms with E-state index < -0.39 is 17.9 Å². The van der Waals surface area contributed by atoms with Gasteiger partial charge >= 0.3 is 12.0 Å². The number of carbonyl (C=O) groups is 3. The fourth-order valence-corrected chi connectivity index (χ4v) is 2.98. The highest BCUT2D eigenvalue weighted by Gasteiger charge is 2.29. The van der Waals surface area contributed by atoms with Crippen LogP contribution in [0.4, 0.5) is 4.79 Å². The van der Waals surface area contributed by atoms with Gasteiger partial charge in [0.05, 0.1) is 10.0 Å². The molecule has 2 aromatic carbocycles. The van der Waals surface area contributed by atoms with Gasteiger partial charge in [0.15, 0.2) is 0 Å². The molecular weight excluding hydrogens is 416 g/mol. The number of hydrogen-bond acceptors (Lipinski definition) is 4. The number of rotatable bonds is 5. The van der Waals surface area contributed by atoms with Crippen LogP contribution in [0.5, 0.6) is 5.75 Å².